The van der Waals surface area contributed by atoms with Gasteiger partial charge in [0.05, 0.1) is 5.41 Å². The molecule has 0 aliphatic heterocycles. The number of hydrogen-bond acceptors (Lipinski definition) is 3. The third-order valence-electron chi connectivity index (χ3n) is 11.4. The summed E-state index contributed by atoms with van der Waals surface area (Å²) in [6.45, 7) is 6.89. The Hall–Kier alpha value is -6.71. The highest BCUT2D eigenvalue weighted by atomic mass is 15.0. The monoisotopic (exact) mass is 705 g/mol. The van der Waals surface area contributed by atoms with Gasteiger partial charge in [-0.05, 0) is 72.0 Å². The lowest BCUT2D eigenvalue weighted by Crippen LogP contribution is -2.29. The summed E-state index contributed by atoms with van der Waals surface area (Å²) in [7, 11) is 0. The second-order valence-corrected chi connectivity index (χ2v) is 15.6. The molecule has 1 aliphatic carbocycles. The van der Waals surface area contributed by atoms with Crippen LogP contribution in [0, 0.1) is 0 Å². The summed E-state index contributed by atoms with van der Waals surface area (Å²) >= 11 is 0. The topological polar surface area (TPSA) is 38.7 Å². The molecule has 0 unspecified atom stereocenters. The first-order valence-electron chi connectivity index (χ1n) is 19.0. The van der Waals surface area contributed by atoms with Gasteiger partial charge >= 0.3 is 0 Å². The molecule has 0 amide bonds. The van der Waals surface area contributed by atoms with Crippen molar-refractivity contribution in [2.24, 2.45) is 0 Å². The van der Waals surface area contributed by atoms with Crippen molar-refractivity contribution in [1.82, 2.24) is 15.0 Å². The van der Waals surface area contributed by atoms with Crippen molar-refractivity contribution in [3.63, 3.8) is 0 Å². The van der Waals surface area contributed by atoms with E-state index in [0.29, 0.717) is 17.5 Å². The molecule has 0 atom stereocenters. The van der Waals surface area contributed by atoms with E-state index in [4.69, 9.17) is 15.0 Å². The van der Waals surface area contributed by atoms with Crippen molar-refractivity contribution in [2.75, 3.05) is 0 Å². The fourth-order valence-electron chi connectivity index (χ4n) is 8.68. The minimum Gasteiger partial charge on any atom is -0.208 e. The molecule has 3 heteroatoms. The Kier molecular flexibility index (Phi) is 7.60. The average molecular weight is 706 g/mol. The predicted octanol–water partition coefficient (Wildman–Crippen LogP) is 12.8. The zero-order chi connectivity index (χ0) is 37.1. The minimum atomic E-state index is -0.561. The van der Waals surface area contributed by atoms with Gasteiger partial charge in [0.25, 0.3) is 0 Å². The van der Waals surface area contributed by atoms with Crippen molar-refractivity contribution >= 4 is 21.5 Å². The third kappa shape index (κ3) is 5.30. The standard InChI is InChI=1S/C52H39N3/c1-51(2,3)39-29-31-43-42-30-28-36(32-46(42)52(47(43)33-39,37-20-6-4-7-21-37)38-22-8-5-9-23-38)48-53-49(44-26-14-18-34-16-10-12-24-40(34)44)55-50(54-48)45-27-15-19-35-17-11-13-25-41(35)45/h4-33H,1-3H3. The smallest absolute Gasteiger partial charge is 0.164 e. The number of rotatable bonds is 5. The third-order valence-corrected chi connectivity index (χ3v) is 11.4. The van der Waals surface area contributed by atoms with Crippen LogP contribution in [-0.2, 0) is 10.8 Å². The van der Waals surface area contributed by atoms with Crippen molar-refractivity contribution in [1.29, 1.82) is 0 Å². The maximum Gasteiger partial charge on any atom is 0.164 e. The quantitative estimate of drug-likeness (QED) is 0.179. The van der Waals surface area contributed by atoms with E-state index >= 15 is 0 Å². The Morgan fingerprint density at radius 1 is 0.382 bits per heavy atom. The van der Waals surface area contributed by atoms with E-state index in [0.717, 1.165) is 38.2 Å². The second kappa shape index (κ2) is 12.7. The second-order valence-electron chi connectivity index (χ2n) is 15.6. The van der Waals surface area contributed by atoms with Gasteiger partial charge in [0.1, 0.15) is 0 Å². The highest BCUT2D eigenvalue weighted by Gasteiger charge is 2.46. The Morgan fingerprint density at radius 2 is 0.836 bits per heavy atom. The lowest BCUT2D eigenvalue weighted by molar-refractivity contribution is 0.588. The van der Waals surface area contributed by atoms with Gasteiger partial charge in [0.15, 0.2) is 17.5 Å². The summed E-state index contributed by atoms with van der Waals surface area (Å²) in [6, 6.07) is 65.5. The van der Waals surface area contributed by atoms with Gasteiger partial charge < -0.3 is 0 Å². The minimum absolute atomic E-state index is 0.0189. The van der Waals surface area contributed by atoms with E-state index in [-0.39, 0.29) is 5.41 Å². The predicted molar refractivity (Wildman–Crippen MR) is 227 cm³/mol. The Morgan fingerprint density at radius 3 is 1.38 bits per heavy atom. The van der Waals surface area contributed by atoms with Crippen LogP contribution < -0.4 is 0 Å². The van der Waals surface area contributed by atoms with Crippen molar-refractivity contribution < 1.29 is 0 Å². The number of nitrogens with zero attached hydrogens (tertiary/aromatic N) is 3. The van der Waals surface area contributed by atoms with Crippen LogP contribution in [0.1, 0.15) is 48.6 Å². The van der Waals surface area contributed by atoms with E-state index in [1.807, 2.05) is 0 Å². The molecule has 0 saturated carbocycles. The number of fused-ring (bicyclic) bond motifs is 5. The van der Waals surface area contributed by atoms with Crippen molar-refractivity contribution in [3.8, 4) is 45.3 Å². The first-order valence-corrected chi connectivity index (χ1v) is 19.0. The van der Waals surface area contributed by atoms with E-state index in [2.05, 4.69) is 203 Å². The van der Waals surface area contributed by atoms with Gasteiger partial charge in [0, 0.05) is 16.7 Å². The van der Waals surface area contributed by atoms with Crippen LogP contribution in [0.5, 0.6) is 0 Å². The molecule has 262 valence electrons. The van der Waals surface area contributed by atoms with Gasteiger partial charge in [-0.2, -0.15) is 0 Å². The molecule has 10 rings (SSSR count). The average Bonchev–Trinajstić information content (AvgIpc) is 3.53. The highest BCUT2D eigenvalue weighted by Crippen LogP contribution is 2.57. The lowest BCUT2D eigenvalue weighted by atomic mass is 9.67. The number of benzene rings is 8. The Labute approximate surface area is 322 Å². The molecule has 0 bridgehead atoms. The van der Waals surface area contributed by atoms with Crippen LogP contribution in [0.2, 0.25) is 0 Å². The van der Waals surface area contributed by atoms with Crippen LogP contribution in [0.15, 0.2) is 182 Å². The molecule has 1 aromatic heterocycles. The molecule has 0 fully saturated rings. The maximum atomic E-state index is 5.32. The van der Waals surface area contributed by atoms with E-state index in [1.165, 1.54) is 38.9 Å². The first-order chi connectivity index (χ1) is 26.9. The van der Waals surface area contributed by atoms with Crippen LogP contribution in [0.25, 0.3) is 66.8 Å². The van der Waals surface area contributed by atoms with Crippen molar-refractivity contribution in [2.45, 2.75) is 31.6 Å². The summed E-state index contributed by atoms with van der Waals surface area (Å²) in [6.07, 6.45) is 0. The van der Waals surface area contributed by atoms with Gasteiger partial charge in [0.2, 0.25) is 0 Å². The van der Waals surface area contributed by atoms with Gasteiger partial charge in [-0.1, -0.05) is 197 Å². The molecule has 8 aromatic carbocycles. The van der Waals surface area contributed by atoms with Gasteiger partial charge in [-0.25, -0.2) is 15.0 Å². The molecule has 0 N–H and O–H groups in total. The van der Waals surface area contributed by atoms with Crippen LogP contribution in [-0.4, -0.2) is 15.0 Å². The largest absolute Gasteiger partial charge is 0.208 e. The Bertz CT molecular complexity index is 2760. The van der Waals surface area contributed by atoms with Crippen LogP contribution >= 0.6 is 0 Å². The first kappa shape index (κ1) is 32.9. The number of hydrogen-bond donors (Lipinski definition) is 0. The number of aromatic nitrogens is 3. The zero-order valence-electron chi connectivity index (χ0n) is 31.2. The molecule has 1 heterocycles. The fraction of sp³-hybridized carbons (Fsp3) is 0.0962. The molecule has 0 radical (unpaired) electrons. The molecule has 1 aliphatic rings. The van der Waals surface area contributed by atoms with Gasteiger partial charge in [-0.15, -0.1) is 0 Å². The maximum absolute atomic E-state index is 5.32. The van der Waals surface area contributed by atoms with E-state index in [1.54, 1.807) is 0 Å². The van der Waals surface area contributed by atoms with Crippen LogP contribution in [0.3, 0.4) is 0 Å². The van der Waals surface area contributed by atoms with E-state index in [9.17, 15) is 0 Å². The van der Waals surface area contributed by atoms with Crippen molar-refractivity contribution in [3.05, 3.63) is 210 Å². The van der Waals surface area contributed by atoms with E-state index < -0.39 is 5.41 Å². The molecular weight excluding hydrogens is 667 g/mol. The summed E-state index contributed by atoms with van der Waals surface area (Å²) in [4.78, 5) is 15.9. The summed E-state index contributed by atoms with van der Waals surface area (Å²) in [5, 5.41) is 4.51. The molecule has 55 heavy (non-hydrogen) atoms. The molecule has 0 saturated heterocycles. The van der Waals surface area contributed by atoms with Gasteiger partial charge in [-0.3, -0.25) is 0 Å². The summed E-state index contributed by atoms with van der Waals surface area (Å²) in [5.74, 6) is 1.95. The molecular formula is C52H39N3. The normalized spacial score (nSPS) is 13.1. The fourth-order valence-corrected chi connectivity index (χ4v) is 8.68. The summed E-state index contributed by atoms with van der Waals surface area (Å²) in [5.41, 5.74) is 11.1. The summed E-state index contributed by atoms with van der Waals surface area (Å²) < 4.78 is 0. The molecule has 0 spiro atoms. The molecule has 9 aromatic rings. The molecule has 3 nitrogen and oxygen atoms in total. The highest BCUT2D eigenvalue weighted by molar-refractivity contribution is 5.98. The Balaban J connectivity index is 1.27. The SMILES string of the molecule is CC(C)(C)c1ccc2c(c1)C(c1ccccc1)(c1ccccc1)c1cc(-c3nc(-c4cccc5ccccc45)nc(-c4cccc5ccccc45)n3)ccc1-2. The van der Waals surface area contributed by atoms with Crippen LogP contribution in [0.4, 0.5) is 0 Å². The zero-order valence-corrected chi connectivity index (χ0v) is 31.2. The lowest BCUT2D eigenvalue weighted by Gasteiger charge is -2.35.